The maximum absolute atomic E-state index is 13.2. The number of hydrogen-bond acceptors (Lipinski definition) is 3. The second kappa shape index (κ2) is 8.48. The number of benzene rings is 3. The zero-order valence-electron chi connectivity index (χ0n) is 18.1. The van der Waals surface area contributed by atoms with Gasteiger partial charge in [0.2, 0.25) is 0 Å². The second-order valence-corrected chi connectivity index (χ2v) is 7.65. The molecule has 0 bridgehead atoms. The molecular weight excluding hydrogens is 386 g/mol. The topological polar surface area (TPSA) is 56.1 Å². The molecule has 4 rings (SSSR count). The molecule has 5 nitrogen and oxygen atoms in total. The predicted molar refractivity (Wildman–Crippen MR) is 124 cm³/mol. The molecule has 0 unspecified atom stereocenters. The Morgan fingerprint density at radius 3 is 2.39 bits per heavy atom. The number of ether oxygens (including phenoxy) is 1. The fraction of sp³-hybridized carbons (Fsp3) is 0.154. The molecule has 1 amide bonds. The van der Waals surface area contributed by atoms with Gasteiger partial charge in [0.05, 0.1) is 18.5 Å². The molecular formula is C26H25N3O2. The molecule has 156 valence electrons. The summed E-state index contributed by atoms with van der Waals surface area (Å²) in [5.74, 6) is 0.522. The van der Waals surface area contributed by atoms with E-state index in [1.165, 1.54) is 5.56 Å². The minimum absolute atomic E-state index is 0.217. The van der Waals surface area contributed by atoms with Gasteiger partial charge in [0.15, 0.2) is 0 Å². The zero-order chi connectivity index (χ0) is 22.0. The van der Waals surface area contributed by atoms with E-state index in [9.17, 15) is 4.79 Å². The van der Waals surface area contributed by atoms with Crippen LogP contribution in [0.3, 0.4) is 0 Å². The number of aromatic nitrogens is 2. The first kappa shape index (κ1) is 20.4. The third-order valence-electron chi connectivity index (χ3n) is 5.35. The summed E-state index contributed by atoms with van der Waals surface area (Å²) < 4.78 is 7.03. The monoisotopic (exact) mass is 411 g/mol. The van der Waals surface area contributed by atoms with Crippen molar-refractivity contribution in [2.75, 3.05) is 12.4 Å². The van der Waals surface area contributed by atoms with Crippen LogP contribution in [0, 0.1) is 20.8 Å². The van der Waals surface area contributed by atoms with E-state index in [2.05, 4.69) is 5.32 Å². The first-order valence-corrected chi connectivity index (χ1v) is 10.1. The Morgan fingerprint density at radius 1 is 0.903 bits per heavy atom. The predicted octanol–water partition coefficient (Wildman–Crippen LogP) is 5.73. The van der Waals surface area contributed by atoms with Gasteiger partial charge in [-0.3, -0.25) is 4.79 Å². The van der Waals surface area contributed by atoms with Crippen LogP contribution in [0.1, 0.15) is 27.2 Å². The van der Waals surface area contributed by atoms with Gasteiger partial charge >= 0.3 is 0 Å². The van der Waals surface area contributed by atoms with Crippen LogP contribution in [0.15, 0.2) is 72.8 Å². The van der Waals surface area contributed by atoms with Crippen LogP contribution in [0.5, 0.6) is 5.75 Å². The first-order valence-electron chi connectivity index (χ1n) is 10.1. The van der Waals surface area contributed by atoms with E-state index < -0.39 is 0 Å². The number of nitrogens with one attached hydrogen (secondary N) is 1. The molecule has 0 aliphatic rings. The van der Waals surface area contributed by atoms with Crippen LogP contribution >= 0.6 is 0 Å². The Labute approximate surface area is 182 Å². The molecule has 0 saturated carbocycles. The van der Waals surface area contributed by atoms with Crippen molar-refractivity contribution in [3.8, 4) is 22.7 Å². The Kier molecular flexibility index (Phi) is 5.58. The maximum atomic E-state index is 13.2. The van der Waals surface area contributed by atoms with Gasteiger partial charge in [-0.1, -0.05) is 35.9 Å². The fourth-order valence-corrected chi connectivity index (χ4v) is 3.36. The molecule has 0 radical (unpaired) electrons. The third-order valence-corrected chi connectivity index (χ3v) is 5.35. The summed E-state index contributed by atoms with van der Waals surface area (Å²) in [6, 6.07) is 23.3. The number of aryl methyl sites for hydroxylation is 3. The van der Waals surface area contributed by atoms with Gasteiger partial charge in [0.1, 0.15) is 11.4 Å². The Bertz CT molecular complexity index is 1240. The number of rotatable bonds is 5. The molecule has 0 aliphatic heterocycles. The highest BCUT2D eigenvalue weighted by atomic mass is 16.5. The highest BCUT2D eigenvalue weighted by Crippen LogP contribution is 2.26. The number of carbonyl (C=O) groups is 1. The average Bonchev–Trinajstić information content (AvgIpc) is 3.22. The van der Waals surface area contributed by atoms with Gasteiger partial charge in [-0.15, -0.1) is 0 Å². The minimum atomic E-state index is -0.217. The molecule has 1 heterocycles. The van der Waals surface area contributed by atoms with Crippen LogP contribution in [0.4, 0.5) is 5.69 Å². The molecule has 0 fully saturated rings. The van der Waals surface area contributed by atoms with E-state index in [1.54, 1.807) is 11.8 Å². The summed E-state index contributed by atoms with van der Waals surface area (Å²) in [7, 11) is 1.63. The first-order chi connectivity index (χ1) is 14.9. The minimum Gasteiger partial charge on any atom is -0.497 e. The zero-order valence-corrected chi connectivity index (χ0v) is 18.1. The van der Waals surface area contributed by atoms with Crippen molar-refractivity contribution < 1.29 is 9.53 Å². The Morgan fingerprint density at radius 2 is 1.68 bits per heavy atom. The van der Waals surface area contributed by atoms with Crippen LogP contribution in [0.25, 0.3) is 16.9 Å². The van der Waals surface area contributed by atoms with E-state index in [0.29, 0.717) is 11.4 Å². The van der Waals surface area contributed by atoms with Crippen LogP contribution < -0.4 is 10.1 Å². The van der Waals surface area contributed by atoms with E-state index in [4.69, 9.17) is 9.84 Å². The Hall–Kier alpha value is -3.86. The van der Waals surface area contributed by atoms with Gasteiger partial charge in [-0.25, -0.2) is 4.68 Å². The number of hydrogen-bond donors (Lipinski definition) is 1. The number of amides is 1. The van der Waals surface area contributed by atoms with Gasteiger partial charge in [-0.05, 0) is 74.4 Å². The highest BCUT2D eigenvalue weighted by Gasteiger charge is 2.18. The molecule has 1 N–H and O–H groups in total. The molecule has 3 aromatic carbocycles. The third kappa shape index (κ3) is 4.36. The number of methoxy groups -OCH3 is 1. The molecule has 0 aliphatic carbocycles. The van der Waals surface area contributed by atoms with Crippen LogP contribution in [0.2, 0.25) is 0 Å². The summed E-state index contributed by atoms with van der Waals surface area (Å²) in [5, 5.41) is 7.76. The van der Waals surface area contributed by atoms with Gasteiger partial charge in [0.25, 0.3) is 5.91 Å². The Balaban J connectivity index is 1.76. The van der Waals surface area contributed by atoms with E-state index >= 15 is 0 Å². The molecule has 0 atom stereocenters. The van der Waals surface area contributed by atoms with E-state index in [-0.39, 0.29) is 5.91 Å². The standard InChI is InChI=1S/C26H25N3O2/c1-17-8-12-22(13-9-17)29-25(26(30)27-21-11-10-18(2)19(3)14-21)16-24(28-29)20-6-5-7-23(15-20)31-4/h5-16H,1-4H3,(H,27,30). The number of carbonyl (C=O) groups excluding carboxylic acids is 1. The number of anilines is 1. The molecule has 1 aromatic heterocycles. The van der Waals surface area contributed by atoms with Crippen LogP contribution in [-0.4, -0.2) is 22.8 Å². The van der Waals surface area contributed by atoms with Crippen molar-refractivity contribution in [1.29, 1.82) is 0 Å². The summed E-state index contributed by atoms with van der Waals surface area (Å²) >= 11 is 0. The van der Waals surface area contributed by atoms with Gasteiger partial charge in [-0.2, -0.15) is 5.10 Å². The summed E-state index contributed by atoms with van der Waals surface area (Å²) in [6.07, 6.45) is 0. The number of nitrogens with zero attached hydrogens (tertiary/aromatic N) is 2. The lowest BCUT2D eigenvalue weighted by Gasteiger charge is -2.10. The van der Waals surface area contributed by atoms with Crippen molar-refractivity contribution in [3.63, 3.8) is 0 Å². The molecule has 31 heavy (non-hydrogen) atoms. The van der Waals surface area contributed by atoms with Crippen molar-refractivity contribution in [2.24, 2.45) is 0 Å². The average molecular weight is 412 g/mol. The largest absolute Gasteiger partial charge is 0.497 e. The summed E-state index contributed by atoms with van der Waals surface area (Å²) in [5.41, 5.74) is 7.07. The smallest absolute Gasteiger partial charge is 0.274 e. The lowest BCUT2D eigenvalue weighted by Crippen LogP contribution is -2.17. The molecule has 5 heteroatoms. The lowest BCUT2D eigenvalue weighted by atomic mass is 10.1. The van der Waals surface area contributed by atoms with Crippen molar-refractivity contribution >= 4 is 11.6 Å². The normalized spacial score (nSPS) is 10.7. The quantitative estimate of drug-likeness (QED) is 0.457. The lowest BCUT2D eigenvalue weighted by molar-refractivity contribution is 0.101. The molecule has 4 aromatic rings. The van der Waals surface area contributed by atoms with Crippen molar-refractivity contribution in [3.05, 3.63) is 95.2 Å². The van der Waals surface area contributed by atoms with E-state index in [1.807, 2.05) is 93.6 Å². The van der Waals surface area contributed by atoms with E-state index in [0.717, 1.165) is 33.8 Å². The van der Waals surface area contributed by atoms with Crippen molar-refractivity contribution in [2.45, 2.75) is 20.8 Å². The molecule has 0 spiro atoms. The SMILES string of the molecule is COc1cccc(-c2cc(C(=O)Nc3ccc(C)c(C)c3)n(-c3ccc(C)cc3)n2)c1. The van der Waals surface area contributed by atoms with Gasteiger partial charge < -0.3 is 10.1 Å². The van der Waals surface area contributed by atoms with Crippen LogP contribution in [-0.2, 0) is 0 Å². The highest BCUT2D eigenvalue weighted by molar-refractivity contribution is 6.04. The molecule has 0 saturated heterocycles. The fourth-order valence-electron chi connectivity index (χ4n) is 3.36. The maximum Gasteiger partial charge on any atom is 0.274 e. The van der Waals surface area contributed by atoms with Crippen molar-refractivity contribution in [1.82, 2.24) is 9.78 Å². The second-order valence-electron chi connectivity index (χ2n) is 7.65. The summed E-state index contributed by atoms with van der Waals surface area (Å²) in [6.45, 7) is 6.11. The summed E-state index contributed by atoms with van der Waals surface area (Å²) in [4.78, 5) is 13.2. The van der Waals surface area contributed by atoms with Gasteiger partial charge in [0, 0.05) is 11.3 Å².